The minimum atomic E-state index is -0.201. The van der Waals surface area contributed by atoms with Crippen LogP contribution in [-0.4, -0.2) is 22.0 Å². The molecule has 1 rings (SSSR count). The van der Waals surface area contributed by atoms with Crippen LogP contribution in [0.2, 0.25) is 0 Å². The highest BCUT2D eigenvalue weighted by molar-refractivity contribution is 7.99. The standard InChI is InChI=1S/C6H6N2O2S/c9-3-4-11-6-7-2-1-5(10)8-6/h1-3H,4H2,(H,7,8,10). The summed E-state index contributed by atoms with van der Waals surface area (Å²) >= 11 is 1.20. The van der Waals surface area contributed by atoms with E-state index in [1.807, 2.05) is 0 Å². The molecule has 4 nitrogen and oxygen atoms in total. The molecule has 0 aliphatic rings. The first kappa shape index (κ1) is 8.00. The number of nitrogens with one attached hydrogen (secondary N) is 1. The molecule has 0 spiro atoms. The van der Waals surface area contributed by atoms with E-state index in [2.05, 4.69) is 9.97 Å². The van der Waals surface area contributed by atoms with Crippen molar-refractivity contribution in [2.75, 3.05) is 5.75 Å². The molecule has 0 bridgehead atoms. The van der Waals surface area contributed by atoms with Gasteiger partial charge in [-0.1, -0.05) is 11.8 Å². The Hall–Kier alpha value is -1.10. The number of hydrogen-bond acceptors (Lipinski definition) is 4. The van der Waals surface area contributed by atoms with Crippen molar-refractivity contribution in [2.45, 2.75) is 5.16 Å². The lowest BCUT2D eigenvalue weighted by atomic mass is 10.7. The van der Waals surface area contributed by atoms with Crippen molar-refractivity contribution in [2.24, 2.45) is 0 Å². The van der Waals surface area contributed by atoms with Gasteiger partial charge in [-0.2, -0.15) is 0 Å². The zero-order valence-corrected chi connectivity index (χ0v) is 6.43. The Labute approximate surface area is 67.0 Å². The van der Waals surface area contributed by atoms with Crippen LogP contribution in [0.25, 0.3) is 0 Å². The van der Waals surface area contributed by atoms with Crippen molar-refractivity contribution in [3.05, 3.63) is 22.6 Å². The van der Waals surface area contributed by atoms with Crippen LogP contribution in [0.4, 0.5) is 0 Å². The van der Waals surface area contributed by atoms with E-state index < -0.39 is 0 Å². The van der Waals surface area contributed by atoms with Crippen molar-refractivity contribution in [3.63, 3.8) is 0 Å². The normalized spacial score (nSPS) is 9.45. The number of aromatic amines is 1. The van der Waals surface area contributed by atoms with Crippen LogP contribution in [0.5, 0.6) is 0 Å². The molecule has 0 aliphatic carbocycles. The Bertz CT molecular complexity index is 297. The summed E-state index contributed by atoms with van der Waals surface area (Å²) in [5, 5.41) is 0.476. The Balaban J connectivity index is 2.71. The summed E-state index contributed by atoms with van der Waals surface area (Å²) in [6.07, 6.45) is 2.17. The SMILES string of the molecule is O=CCSc1nccc(=O)[nH]1. The summed E-state index contributed by atoms with van der Waals surface area (Å²) in [6.45, 7) is 0. The first-order valence-electron chi connectivity index (χ1n) is 2.94. The van der Waals surface area contributed by atoms with Crippen LogP contribution < -0.4 is 5.56 Å². The van der Waals surface area contributed by atoms with Gasteiger partial charge in [0, 0.05) is 12.3 Å². The van der Waals surface area contributed by atoms with Gasteiger partial charge in [-0.25, -0.2) is 4.98 Å². The third-order valence-corrected chi connectivity index (χ3v) is 1.72. The van der Waals surface area contributed by atoms with E-state index in [9.17, 15) is 9.59 Å². The van der Waals surface area contributed by atoms with Gasteiger partial charge in [0.15, 0.2) is 5.16 Å². The molecule has 5 heteroatoms. The molecule has 0 saturated heterocycles. The fraction of sp³-hybridized carbons (Fsp3) is 0.167. The quantitative estimate of drug-likeness (QED) is 0.396. The van der Waals surface area contributed by atoms with Crippen molar-refractivity contribution in [3.8, 4) is 0 Å². The molecule has 0 atom stereocenters. The Morgan fingerprint density at radius 1 is 1.73 bits per heavy atom. The number of aromatic nitrogens is 2. The molecule has 58 valence electrons. The van der Waals surface area contributed by atoms with E-state index in [0.29, 0.717) is 10.9 Å². The third kappa shape index (κ3) is 2.55. The number of rotatable bonds is 3. The number of nitrogens with zero attached hydrogens (tertiary/aromatic N) is 1. The first-order valence-corrected chi connectivity index (χ1v) is 3.93. The molecule has 0 unspecified atom stereocenters. The molecule has 1 aromatic rings. The lowest BCUT2D eigenvalue weighted by molar-refractivity contribution is -0.105. The van der Waals surface area contributed by atoms with E-state index in [0.717, 1.165) is 6.29 Å². The topological polar surface area (TPSA) is 62.8 Å². The monoisotopic (exact) mass is 170 g/mol. The second kappa shape index (κ2) is 3.92. The van der Waals surface area contributed by atoms with Gasteiger partial charge in [-0.15, -0.1) is 0 Å². The van der Waals surface area contributed by atoms with Crippen LogP contribution in [0.3, 0.4) is 0 Å². The highest BCUT2D eigenvalue weighted by atomic mass is 32.2. The van der Waals surface area contributed by atoms with Crippen molar-refractivity contribution in [1.82, 2.24) is 9.97 Å². The van der Waals surface area contributed by atoms with Gasteiger partial charge in [0.1, 0.15) is 6.29 Å². The Morgan fingerprint density at radius 3 is 3.18 bits per heavy atom. The van der Waals surface area contributed by atoms with Gasteiger partial charge >= 0.3 is 0 Å². The van der Waals surface area contributed by atoms with Crippen LogP contribution in [0.15, 0.2) is 22.2 Å². The van der Waals surface area contributed by atoms with Gasteiger partial charge < -0.3 is 9.78 Å². The Kier molecular flexibility index (Phi) is 2.85. The van der Waals surface area contributed by atoms with E-state index in [4.69, 9.17) is 0 Å². The smallest absolute Gasteiger partial charge is 0.251 e. The Morgan fingerprint density at radius 2 is 2.55 bits per heavy atom. The minimum Gasteiger partial charge on any atom is -0.302 e. The summed E-state index contributed by atoms with van der Waals surface area (Å²) < 4.78 is 0. The fourth-order valence-corrected chi connectivity index (χ4v) is 1.07. The van der Waals surface area contributed by atoms with Crippen LogP contribution in [0.1, 0.15) is 0 Å². The highest BCUT2D eigenvalue weighted by Crippen LogP contribution is 2.06. The molecule has 1 heterocycles. The van der Waals surface area contributed by atoms with Gasteiger partial charge in [-0.05, 0) is 0 Å². The summed E-state index contributed by atoms with van der Waals surface area (Å²) in [5.74, 6) is 0.312. The summed E-state index contributed by atoms with van der Waals surface area (Å²) in [4.78, 5) is 26.9. The second-order valence-corrected chi connectivity index (χ2v) is 2.73. The van der Waals surface area contributed by atoms with Crippen molar-refractivity contribution >= 4 is 18.0 Å². The van der Waals surface area contributed by atoms with Crippen molar-refractivity contribution in [1.29, 1.82) is 0 Å². The number of aldehydes is 1. The third-order valence-electron chi connectivity index (χ3n) is 0.936. The molecular formula is C6H6N2O2S. The molecule has 0 radical (unpaired) electrons. The summed E-state index contributed by atoms with van der Waals surface area (Å²) in [6, 6.07) is 1.32. The summed E-state index contributed by atoms with van der Waals surface area (Å²) in [5.41, 5.74) is -0.201. The minimum absolute atomic E-state index is 0.201. The predicted octanol–water partition coefficient (Wildman–Crippen LogP) is 0.0609. The molecule has 0 saturated carbocycles. The lowest BCUT2D eigenvalue weighted by Gasteiger charge is -1.92. The van der Waals surface area contributed by atoms with E-state index >= 15 is 0 Å². The zero-order chi connectivity index (χ0) is 8.10. The maximum absolute atomic E-state index is 10.7. The van der Waals surface area contributed by atoms with Crippen LogP contribution in [-0.2, 0) is 4.79 Å². The zero-order valence-electron chi connectivity index (χ0n) is 5.61. The highest BCUT2D eigenvalue weighted by Gasteiger charge is 1.93. The molecule has 1 aromatic heterocycles. The second-order valence-electron chi connectivity index (χ2n) is 1.72. The van der Waals surface area contributed by atoms with E-state index in [1.54, 1.807) is 0 Å². The van der Waals surface area contributed by atoms with Crippen LogP contribution in [0, 0.1) is 0 Å². The van der Waals surface area contributed by atoms with Crippen LogP contribution >= 0.6 is 11.8 Å². The van der Waals surface area contributed by atoms with E-state index in [1.165, 1.54) is 24.0 Å². The van der Waals surface area contributed by atoms with Crippen molar-refractivity contribution < 1.29 is 4.79 Å². The summed E-state index contributed by atoms with van der Waals surface area (Å²) in [7, 11) is 0. The fourth-order valence-electron chi connectivity index (χ4n) is 0.538. The molecule has 1 N–H and O–H groups in total. The largest absolute Gasteiger partial charge is 0.302 e. The van der Waals surface area contributed by atoms with E-state index in [-0.39, 0.29) is 5.56 Å². The number of hydrogen-bond donors (Lipinski definition) is 1. The number of H-pyrrole nitrogens is 1. The maximum Gasteiger partial charge on any atom is 0.251 e. The maximum atomic E-state index is 10.7. The number of carbonyl (C=O) groups excluding carboxylic acids is 1. The molecule has 0 aromatic carbocycles. The predicted molar refractivity (Wildman–Crippen MR) is 41.6 cm³/mol. The first-order chi connectivity index (χ1) is 5.33. The van der Waals surface area contributed by atoms with Gasteiger partial charge in [0.2, 0.25) is 0 Å². The number of carbonyl (C=O) groups is 1. The van der Waals surface area contributed by atoms with Gasteiger partial charge in [0.25, 0.3) is 5.56 Å². The molecule has 0 aliphatic heterocycles. The number of thioether (sulfide) groups is 1. The lowest BCUT2D eigenvalue weighted by Crippen LogP contribution is -2.05. The molecule has 0 fully saturated rings. The average Bonchev–Trinajstić information content (AvgIpc) is 2.01. The molecule has 0 amide bonds. The van der Waals surface area contributed by atoms with Gasteiger partial charge in [0.05, 0.1) is 5.75 Å². The average molecular weight is 170 g/mol. The van der Waals surface area contributed by atoms with Gasteiger partial charge in [-0.3, -0.25) is 4.79 Å². The molecular weight excluding hydrogens is 164 g/mol. The molecule has 11 heavy (non-hydrogen) atoms.